The first-order chi connectivity index (χ1) is 25.0. The lowest BCUT2D eigenvalue weighted by molar-refractivity contribution is -0.137. The second-order valence-electron chi connectivity index (χ2n) is 12.9. The summed E-state index contributed by atoms with van der Waals surface area (Å²) in [4.78, 5) is 104. The molecule has 8 rings (SSSR count). The van der Waals surface area contributed by atoms with E-state index >= 15 is 0 Å². The molecule has 4 aromatic heterocycles. The minimum atomic E-state index is -4.98. The van der Waals surface area contributed by atoms with Crippen molar-refractivity contribution in [1.82, 2.24) is 18.3 Å². The van der Waals surface area contributed by atoms with E-state index in [9.17, 15) is 51.5 Å². The Morgan fingerprint density at radius 1 is 0.509 bits per heavy atom. The second-order valence-corrected chi connectivity index (χ2v) is 12.9. The highest BCUT2D eigenvalue weighted by molar-refractivity contribution is 5.99. The van der Waals surface area contributed by atoms with E-state index in [1.165, 1.54) is 44.3 Å². The average molecular weight is 721 g/mol. The maximum absolute atomic E-state index is 14.7. The molecule has 0 unspecified atom stereocenters. The molecule has 12 nitrogen and oxygen atoms in total. The van der Waals surface area contributed by atoms with Crippen molar-refractivity contribution in [3.05, 3.63) is 155 Å². The Balaban J connectivity index is 1.25. The van der Waals surface area contributed by atoms with Crippen molar-refractivity contribution < 1.29 is 13.2 Å². The van der Waals surface area contributed by atoms with Crippen molar-refractivity contribution in [2.75, 3.05) is 0 Å². The number of nitrogens with zero attached hydrogens (tertiary/aromatic N) is 4. The molecule has 0 N–H and O–H groups in total. The zero-order chi connectivity index (χ0) is 38.0. The van der Waals surface area contributed by atoms with Crippen molar-refractivity contribution in [3.63, 3.8) is 0 Å². The van der Waals surface area contributed by atoms with Crippen LogP contribution in [-0.4, -0.2) is 18.3 Å². The largest absolute Gasteiger partial charge is 0.417 e. The number of aryl methyl sites for hydroxylation is 1. The van der Waals surface area contributed by atoms with E-state index in [1.54, 1.807) is 6.92 Å². The highest BCUT2D eigenvalue weighted by Crippen LogP contribution is 2.39. The van der Waals surface area contributed by atoms with Gasteiger partial charge in [0.05, 0.1) is 60.0 Å². The van der Waals surface area contributed by atoms with Crippen LogP contribution in [0.5, 0.6) is 0 Å². The lowest BCUT2D eigenvalue weighted by Gasteiger charge is -2.17. The van der Waals surface area contributed by atoms with Gasteiger partial charge in [0, 0.05) is 13.6 Å². The molecule has 264 valence electrons. The molecule has 4 aromatic carbocycles. The summed E-state index contributed by atoms with van der Waals surface area (Å²) < 4.78 is 47.2. The third-order valence-corrected chi connectivity index (χ3v) is 9.84. The fourth-order valence-corrected chi connectivity index (χ4v) is 7.24. The summed E-state index contributed by atoms with van der Waals surface area (Å²) >= 11 is 0. The topological polar surface area (TPSA) is 156 Å². The first-order valence-electron chi connectivity index (χ1n) is 16.2. The van der Waals surface area contributed by atoms with Crippen LogP contribution in [0.25, 0.3) is 65.6 Å². The summed E-state index contributed by atoms with van der Waals surface area (Å²) in [5, 5.41) is -0.837. The minimum Gasteiger partial charge on any atom is -0.277 e. The summed E-state index contributed by atoms with van der Waals surface area (Å²) in [6, 6.07) is 11.5. The fraction of sp³-hybridized carbons (Fsp3) is 0.158. The van der Waals surface area contributed by atoms with Gasteiger partial charge in [0.2, 0.25) is 0 Å². The van der Waals surface area contributed by atoms with Crippen LogP contribution in [0.4, 0.5) is 13.2 Å². The van der Waals surface area contributed by atoms with E-state index in [2.05, 4.69) is 0 Å². The van der Waals surface area contributed by atoms with Gasteiger partial charge in [-0.05, 0) is 78.6 Å². The first-order valence-corrected chi connectivity index (χ1v) is 16.2. The van der Waals surface area contributed by atoms with E-state index in [4.69, 9.17) is 0 Å². The number of aromatic nitrogens is 4. The van der Waals surface area contributed by atoms with Crippen LogP contribution < -0.4 is 44.5 Å². The van der Waals surface area contributed by atoms with Gasteiger partial charge < -0.3 is 0 Å². The Kier molecular flexibility index (Phi) is 7.00. The normalized spacial score (nSPS) is 12.3. The Morgan fingerprint density at radius 3 is 1.28 bits per heavy atom. The van der Waals surface area contributed by atoms with Gasteiger partial charge in [-0.25, -0.2) is 9.13 Å². The number of rotatable bonds is 5. The molecule has 0 spiro atoms. The van der Waals surface area contributed by atoms with Gasteiger partial charge in [0.25, 0.3) is 44.5 Å². The minimum absolute atomic E-state index is 0.00257. The molecule has 0 amide bonds. The Bertz CT molecular complexity index is 3230. The first kappa shape index (κ1) is 33.4. The quantitative estimate of drug-likeness (QED) is 0.263. The van der Waals surface area contributed by atoms with Gasteiger partial charge >= 0.3 is 6.18 Å². The molecule has 8 aromatic rings. The molecule has 0 bridgehead atoms. The summed E-state index contributed by atoms with van der Waals surface area (Å²) in [6.45, 7) is 3.44. The molecule has 0 aliphatic carbocycles. The van der Waals surface area contributed by atoms with E-state index in [1.807, 2.05) is 0 Å². The zero-order valence-corrected chi connectivity index (χ0v) is 27.9. The Labute approximate surface area is 291 Å². The van der Waals surface area contributed by atoms with Crippen molar-refractivity contribution in [2.24, 2.45) is 7.05 Å². The van der Waals surface area contributed by atoms with E-state index in [0.717, 1.165) is 38.0 Å². The van der Waals surface area contributed by atoms with Gasteiger partial charge in [-0.15, -0.1) is 0 Å². The third-order valence-electron chi connectivity index (χ3n) is 9.84. The van der Waals surface area contributed by atoms with Gasteiger partial charge in [-0.1, -0.05) is 19.1 Å². The Hall–Kier alpha value is -6.77. The van der Waals surface area contributed by atoms with Crippen molar-refractivity contribution in [2.45, 2.75) is 33.0 Å². The number of alkyl halides is 3. The SMILES string of the molecule is CCCn1c(=O)c2cc3c(=O)n(-c4ccc(-c5ccc(-n6c(=O)c7cc8c(=O)n(C)c(=O)c8cc7c6=O)cc5C(F)(F)F)c(C)c4)c(=O)c3cc2c1=O. The van der Waals surface area contributed by atoms with Crippen LogP contribution >= 0.6 is 0 Å². The zero-order valence-electron chi connectivity index (χ0n) is 27.9. The highest BCUT2D eigenvalue weighted by atomic mass is 19.4. The van der Waals surface area contributed by atoms with Crippen LogP contribution in [0, 0.1) is 6.92 Å². The standard InChI is InChI=1S/C38H23F3N4O8/c1-4-9-43-32(48)23-14-27-28(15-24(23)33(43)49)35(51)44(34(27)50)17-5-7-19(16(2)10-17)20-8-6-18(11-29(20)38(39,40)41)45-36(52)25-12-21-22(13-26(25)37(45)53)31(47)42(3)30(21)46/h5-8,10-15H,4,9H2,1-3H3. The number of benzene rings is 4. The smallest absolute Gasteiger partial charge is 0.277 e. The van der Waals surface area contributed by atoms with Crippen LogP contribution in [0.15, 0.2) is 99.0 Å². The molecule has 0 atom stereocenters. The van der Waals surface area contributed by atoms with Crippen molar-refractivity contribution in [1.29, 1.82) is 0 Å². The molecule has 0 radical (unpaired) electrons. The molecule has 4 heterocycles. The van der Waals surface area contributed by atoms with Crippen LogP contribution in [0.2, 0.25) is 0 Å². The van der Waals surface area contributed by atoms with E-state index in [0.29, 0.717) is 17.1 Å². The summed E-state index contributed by atoms with van der Waals surface area (Å²) in [5.41, 5.74) is -7.61. The van der Waals surface area contributed by atoms with Gasteiger partial charge in [0.15, 0.2) is 0 Å². The maximum atomic E-state index is 14.7. The lowest BCUT2D eigenvalue weighted by Crippen LogP contribution is -2.25. The molecule has 0 aliphatic rings. The number of fused-ring (bicyclic) bond motifs is 4. The lowest BCUT2D eigenvalue weighted by atomic mass is 9.94. The average Bonchev–Trinajstić information content (AvgIpc) is 3.69. The summed E-state index contributed by atoms with van der Waals surface area (Å²) in [6.07, 6.45) is -4.47. The molecule has 0 saturated heterocycles. The predicted molar refractivity (Wildman–Crippen MR) is 192 cm³/mol. The van der Waals surface area contributed by atoms with Crippen LogP contribution in [0.1, 0.15) is 24.5 Å². The number of halogens is 3. The van der Waals surface area contributed by atoms with Crippen LogP contribution in [-0.2, 0) is 19.8 Å². The summed E-state index contributed by atoms with van der Waals surface area (Å²) in [7, 11) is 1.24. The summed E-state index contributed by atoms with van der Waals surface area (Å²) in [5.74, 6) is 0. The second kappa shape index (κ2) is 11.1. The van der Waals surface area contributed by atoms with Crippen LogP contribution in [0.3, 0.4) is 0 Å². The van der Waals surface area contributed by atoms with Gasteiger partial charge in [0.1, 0.15) is 0 Å². The molecule has 0 fully saturated rings. The Morgan fingerprint density at radius 2 is 0.887 bits per heavy atom. The predicted octanol–water partition coefficient (Wildman–Crippen LogP) is 3.06. The van der Waals surface area contributed by atoms with Gasteiger partial charge in [-0.2, -0.15) is 13.2 Å². The highest BCUT2D eigenvalue weighted by Gasteiger charge is 2.35. The molecule has 0 saturated carbocycles. The molecule has 0 aliphatic heterocycles. The van der Waals surface area contributed by atoms with Gasteiger partial charge in [-0.3, -0.25) is 47.5 Å². The third kappa shape index (κ3) is 4.55. The fourth-order valence-electron chi connectivity index (χ4n) is 7.24. The molecule has 15 heteroatoms. The molecular weight excluding hydrogens is 697 g/mol. The molecular formula is C38H23F3N4O8. The van der Waals surface area contributed by atoms with E-state index < -0.39 is 61.9 Å². The van der Waals surface area contributed by atoms with Crippen molar-refractivity contribution in [3.8, 4) is 22.5 Å². The number of hydrogen-bond donors (Lipinski definition) is 0. The van der Waals surface area contributed by atoms with E-state index in [-0.39, 0.29) is 72.0 Å². The van der Waals surface area contributed by atoms with Crippen molar-refractivity contribution >= 4 is 43.1 Å². The number of hydrogen-bond acceptors (Lipinski definition) is 8. The molecule has 53 heavy (non-hydrogen) atoms. The monoisotopic (exact) mass is 720 g/mol. The maximum Gasteiger partial charge on any atom is 0.417 e.